The Morgan fingerprint density at radius 2 is 1.93 bits per heavy atom. The normalized spacial score (nSPS) is 12.1. The van der Waals surface area contributed by atoms with Gasteiger partial charge >= 0.3 is 0 Å². The number of hydrogen-bond acceptors (Lipinski definition) is 6. The van der Waals surface area contributed by atoms with Crippen LogP contribution in [0.3, 0.4) is 0 Å². The number of ether oxygens (including phenoxy) is 2. The maximum absolute atomic E-state index is 13.1. The predicted molar refractivity (Wildman–Crippen MR) is 112 cm³/mol. The topological polar surface area (TPSA) is 51.7 Å². The Labute approximate surface area is 167 Å². The van der Waals surface area contributed by atoms with E-state index < -0.39 is 0 Å². The van der Waals surface area contributed by atoms with E-state index >= 15 is 0 Å². The summed E-state index contributed by atoms with van der Waals surface area (Å²) in [6.07, 6.45) is 0. The minimum Gasteiger partial charge on any atom is -0.497 e. The number of fused-ring (bicyclic) bond motifs is 1. The minimum atomic E-state index is -0.248. The Morgan fingerprint density at radius 1 is 1.19 bits per heavy atom. The summed E-state index contributed by atoms with van der Waals surface area (Å²) in [5.74, 6) is 0.821. The Hall–Kier alpha value is -2.09. The second-order valence-corrected chi connectivity index (χ2v) is 8.31. The van der Waals surface area contributed by atoms with E-state index in [1.807, 2.05) is 55.5 Å². The summed E-state index contributed by atoms with van der Waals surface area (Å²) in [5, 5.41) is 0.461. The molecule has 5 nitrogen and oxygen atoms in total. The lowest BCUT2D eigenvalue weighted by atomic mass is 10.3. The van der Waals surface area contributed by atoms with Crippen molar-refractivity contribution in [3.63, 3.8) is 0 Å². The second kappa shape index (κ2) is 9.21. The van der Waals surface area contributed by atoms with Gasteiger partial charge in [-0.1, -0.05) is 23.5 Å². The number of para-hydroxylation sites is 1. The van der Waals surface area contributed by atoms with Gasteiger partial charge in [0.25, 0.3) is 0 Å². The van der Waals surface area contributed by atoms with E-state index in [1.165, 1.54) is 23.1 Å². The molecule has 7 heteroatoms. The summed E-state index contributed by atoms with van der Waals surface area (Å²) < 4.78 is 11.5. The summed E-state index contributed by atoms with van der Waals surface area (Å²) in [5.41, 5.74) is 0.906. The fourth-order valence-corrected chi connectivity index (χ4v) is 4.51. The Balaban J connectivity index is 1.79. The molecule has 3 aromatic rings. The molecule has 0 bridgehead atoms. The number of thiazole rings is 1. The number of amides is 1. The van der Waals surface area contributed by atoms with Gasteiger partial charge in [-0.2, -0.15) is 0 Å². The van der Waals surface area contributed by atoms with E-state index in [2.05, 4.69) is 4.98 Å². The Bertz CT molecular complexity index is 863. The largest absolute Gasteiger partial charge is 0.497 e. The van der Waals surface area contributed by atoms with Crippen molar-refractivity contribution < 1.29 is 14.3 Å². The molecule has 0 fully saturated rings. The summed E-state index contributed by atoms with van der Waals surface area (Å²) in [7, 11) is 3.27. The molecule has 0 saturated heterocycles. The van der Waals surface area contributed by atoms with Crippen LogP contribution in [0.25, 0.3) is 10.2 Å². The Kier molecular flexibility index (Phi) is 6.71. The molecule has 1 atom stereocenters. The van der Waals surface area contributed by atoms with Crippen molar-refractivity contribution in [2.45, 2.75) is 17.1 Å². The zero-order valence-corrected chi connectivity index (χ0v) is 17.2. The quantitative estimate of drug-likeness (QED) is 0.521. The lowest BCUT2D eigenvalue weighted by Gasteiger charge is -2.23. The molecule has 1 heterocycles. The van der Waals surface area contributed by atoms with Crippen molar-refractivity contribution in [3.05, 3.63) is 48.5 Å². The van der Waals surface area contributed by atoms with Crippen LogP contribution in [-0.4, -0.2) is 43.5 Å². The van der Waals surface area contributed by atoms with Crippen molar-refractivity contribution >= 4 is 44.4 Å². The number of rotatable bonds is 8. The average Bonchev–Trinajstić information content (AvgIpc) is 3.12. The molecule has 0 N–H and O–H groups in total. The molecule has 0 radical (unpaired) electrons. The maximum Gasteiger partial charge on any atom is 0.242 e. The molecule has 1 amide bonds. The first-order chi connectivity index (χ1) is 13.1. The van der Waals surface area contributed by atoms with Crippen LogP contribution < -0.4 is 9.64 Å². The smallest absolute Gasteiger partial charge is 0.242 e. The number of nitrogens with zero attached hydrogens (tertiary/aromatic N) is 2. The van der Waals surface area contributed by atoms with E-state index in [0.717, 1.165) is 20.9 Å². The molecule has 2 aromatic carbocycles. The van der Waals surface area contributed by atoms with Crippen LogP contribution in [0, 0.1) is 0 Å². The summed E-state index contributed by atoms with van der Waals surface area (Å²) in [4.78, 5) is 20.5. The molecule has 0 saturated carbocycles. The number of thioether (sulfide) groups is 1. The average molecular weight is 403 g/mol. The van der Waals surface area contributed by atoms with E-state index in [4.69, 9.17) is 9.47 Å². The molecule has 3 rings (SSSR count). The lowest BCUT2D eigenvalue weighted by molar-refractivity contribution is -0.118. The van der Waals surface area contributed by atoms with Crippen LogP contribution in [0.4, 0.5) is 5.13 Å². The van der Waals surface area contributed by atoms with Crippen LogP contribution in [0.15, 0.2) is 53.4 Å². The predicted octanol–water partition coefficient (Wildman–Crippen LogP) is 4.47. The molecule has 27 heavy (non-hydrogen) atoms. The standard InChI is InChI=1S/C20H22N2O3S2/c1-14(26-16-10-8-15(25-3)9-11-16)19(23)22(12-13-24-2)20-21-17-6-4-5-7-18(17)27-20/h4-11,14H,12-13H2,1-3H3. The summed E-state index contributed by atoms with van der Waals surface area (Å²) >= 11 is 3.05. The third-order valence-electron chi connectivity index (χ3n) is 4.02. The molecule has 0 aliphatic rings. The fourth-order valence-electron chi connectivity index (χ4n) is 2.59. The number of carbonyl (C=O) groups excluding carboxylic acids is 1. The zero-order valence-electron chi connectivity index (χ0n) is 15.5. The van der Waals surface area contributed by atoms with Crippen LogP contribution in [0.2, 0.25) is 0 Å². The van der Waals surface area contributed by atoms with E-state index in [9.17, 15) is 4.79 Å². The molecule has 0 aliphatic heterocycles. The third kappa shape index (κ3) is 4.80. The lowest BCUT2D eigenvalue weighted by Crippen LogP contribution is -2.38. The van der Waals surface area contributed by atoms with Gasteiger partial charge in [0, 0.05) is 12.0 Å². The van der Waals surface area contributed by atoms with E-state index in [0.29, 0.717) is 18.3 Å². The van der Waals surface area contributed by atoms with E-state index in [-0.39, 0.29) is 11.2 Å². The third-order valence-corrected chi connectivity index (χ3v) is 6.18. The first-order valence-corrected chi connectivity index (χ1v) is 10.3. The van der Waals surface area contributed by atoms with Gasteiger partial charge in [-0.05, 0) is 43.3 Å². The molecule has 1 aromatic heterocycles. The molecular weight excluding hydrogens is 380 g/mol. The first kappa shape index (κ1) is 19.7. The van der Waals surface area contributed by atoms with Gasteiger partial charge in [0.2, 0.25) is 5.91 Å². The fraction of sp³-hybridized carbons (Fsp3) is 0.300. The van der Waals surface area contributed by atoms with Gasteiger partial charge in [-0.25, -0.2) is 4.98 Å². The van der Waals surface area contributed by atoms with Crippen LogP contribution >= 0.6 is 23.1 Å². The molecule has 0 spiro atoms. The van der Waals surface area contributed by atoms with Gasteiger partial charge in [-0.15, -0.1) is 11.8 Å². The number of hydrogen-bond donors (Lipinski definition) is 0. The van der Waals surface area contributed by atoms with Gasteiger partial charge in [0.15, 0.2) is 5.13 Å². The van der Waals surface area contributed by atoms with Gasteiger partial charge in [-0.3, -0.25) is 9.69 Å². The van der Waals surface area contributed by atoms with Crippen LogP contribution in [-0.2, 0) is 9.53 Å². The maximum atomic E-state index is 13.1. The van der Waals surface area contributed by atoms with Crippen LogP contribution in [0.5, 0.6) is 5.75 Å². The van der Waals surface area contributed by atoms with Crippen molar-refractivity contribution in [2.24, 2.45) is 0 Å². The highest BCUT2D eigenvalue weighted by atomic mass is 32.2. The van der Waals surface area contributed by atoms with Crippen molar-refractivity contribution in [2.75, 3.05) is 32.3 Å². The first-order valence-electron chi connectivity index (χ1n) is 8.59. The van der Waals surface area contributed by atoms with Crippen molar-refractivity contribution in [1.82, 2.24) is 4.98 Å². The zero-order chi connectivity index (χ0) is 19.2. The SMILES string of the molecule is COCCN(C(=O)C(C)Sc1ccc(OC)cc1)c1nc2ccccc2s1. The number of benzene rings is 2. The number of anilines is 1. The van der Waals surface area contributed by atoms with E-state index in [1.54, 1.807) is 19.1 Å². The van der Waals surface area contributed by atoms with Crippen molar-refractivity contribution in [1.29, 1.82) is 0 Å². The minimum absolute atomic E-state index is 0.0203. The number of carbonyl (C=O) groups is 1. The van der Waals surface area contributed by atoms with Gasteiger partial charge in [0.05, 0.1) is 35.7 Å². The highest BCUT2D eigenvalue weighted by Crippen LogP contribution is 2.32. The number of methoxy groups -OCH3 is 2. The molecular formula is C20H22N2O3S2. The molecule has 0 aliphatic carbocycles. The highest BCUT2D eigenvalue weighted by molar-refractivity contribution is 8.00. The number of aromatic nitrogens is 1. The summed E-state index contributed by atoms with van der Waals surface area (Å²) in [6.45, 7) is 2.86. The van der Waals surface area contributed by atoms with Crippen molar-refractivity contribution in [3.8, 4) is 5.75 Å². The monoisotopic (exact) mass is 402 g/mol. The Morgan fingerprint density at radius 3 is 2.59 bits per heavy atom. The molecule has 142 valence electrons. The van der Waals surface area contributed by atoms with Gasteiger partial charge < -0.3 is 9.47 Å². The summed E-state index contributed by atoms with van der Waals surface area (Å²) in [6, 6.07) is 15.6. The van der Waals surface area contributed by atoms with Gasteiger partial charge in [0.1, 0.15) is 5.75 Å². The van der Waals surface area contributed by atoms with Crippen LogP contribution in [0.1, 0.15) is 6.92 Å². The second-order valence-electron chi connectivity index (χ2n) is 5.88. The highest BCUT2D eigenvalue weighted by Gasteiger charge is 2.25. The molecule has 1 unspecified atom stereocenters.